The predicted octanol–water partition coefficient (Wildman–Crippen LogP) is 3.62. The van der Waals surface area contributed by atoms with Crippen molar-refractivity contribution in [3.63, 3.8) is 0 Å². The monoisotopic (exact) mass is 410 g/mol. The highest BCUT2D eigenvalue weighted by molar-refractivity contribution is 5.91. The number of carboxylic acids is 1. The Balaban J connectivity index is 1.70. The van der Waals surface area contributed by atoms with Gasteiger partial charge in [0, 0.05) is 31.3 Å². The molecule has 10 nitrogen and oxygen atoms in total. The van der Waals surface area contributed by atoms with Gasteiger partial charge < -0.3 is 15.2 Å². The van der Waals surface area contributed by atoms with Gasteiger partial charge in [0.25, 0.3) is 5.69 Å². The number of benzene rings is 2. The number of ether oxygens (including phenoxy) is 1. The van der Waals surface area contributed by atoms with E-state index < -0.39 is 16.8 Å². The molecule has 0 atom stereocenters. The average Bonchev–Trinajstić information content (AvgIpc) is 3.15. The molecule has 0 aliphatic rings. The number of nitro groups is 1. The minimum atomic E-state index is -1.11. The number of anilines is 1. The van der Waals surface area contributed by atoms with Gasteiger partial charge in [0.2, 0.25) is 5.91 Å². The van der Waals surface area contributed by atoms with Crippen molar-refractivity contribution in [1.82, 2.24) is 9.78 Å². The van der Waals surface area contributed by atoms with Crippen molar-refractivity contribution in [2.75, 3.05) is 5.32 Å². The molecule has 154 valence electrons. The summed E-state index contributed by atoms with van der Waals surface area (Å²) in [6.45, 7) is 2.05. The highest BCUT2D eigenvalue weighted by Crippen LogP contribution is 2.30. The van der Waals surface area contributed by atoms with Crippen molar-refractivity contribution in [3.05, 3.63) is 76.1 Å². The summed E-state index contributed by atoms with van der Waals surface area (Å²) in [6.07, 6.45) is 2.50. The number of nitro benzene ring substituents is 1. The number of rotatable bonds is 8. The normalized spacial score (nSPS) is 10.4. The Kier molecular flexibility index (Phi) is 6.06. The first-order valence-corrected chi connectivity index (χ1v) is 8.90. The van der Waals surface area contributed by atoms with Crippen LogP contribution in [0.5, 0.6) is 11.5 Å². The van der Waals surface area contributed by atoms with Gasteiger partial charge in [-0.3, -0.25) is 19.6 Å². The molecule has 0 bridgehead atoms. The summed E-state index contributed by atoms with van der Waals surface area (Å²) >= 11 is 0. The predicted molar refractivity (Wildman–Crippen MR) is 107 cm³/mol. The number of carbonyl (C=O) groups excluding carboxylic acids is 1. The van der Waals surface area contributed by atoms with Gasteiger partial charge in [0.1, 0.15) is 11.5 Å². The van der Waals surface area contributed by atoms with Crippen molar-refractivity contribution >= 4 is 23.3 Å². The molecule has 2 N–H and O–H groups in total. The minimum Gasteiger partial charge on any atom is -0.478 e. The maximum absolute atomic E-state index is 12.2. The molecule has 1 aromatic heterocycles. The Morgan fingerprint density at radius 3 is 2.70 bits per heavy atom. The molecule has 0 saturated heterocycles. The van der Waals surface area contributed by atoms with Gasteiger partial charge in [-0.25, -0.2) is 4.79 Å². The number of carbonyl (C=O) groups is 2. The average molecular weight is 410 g/mol. The van der Waals surface area contributed by atoms with Gasteiger partial charge in [0.15, 0.2) is 0 Å². The molecular formula is C20H18N4O6. The van der Waals surface area contributed by atoms with E-state index in [0.717, 1.165) is 5.56 Å². The van der Waals surface area contributed by atoms with Gasteiger partial charge in [-0.1, -0.05) is 12.1 Å². The molecule has 1 amide bonds. The molecule has 30 heavy (non-hydrogen) atoms. The van der Waals surface area contributed by atoms with Crippen molar-refractivity contribution < 1.29 is 24.4 Å². The van der Waals surface area contributed by atoms with Crippen LogP contribution < -0.4 is 10.1 Å². The lowest BCUT2D eigenvalue weighted by molar-refractivity contribution is -0.384. The molecule has 2 aromatic carbocycles. The van der Waals surface area contributed by atoms with E-state index in [1.165, 1.54) is 35.3 Å². The van der Waals surface area contributed by atoms with Crippen LogP contribution in [0.3, 0.4) is 0 Å². The first-order valence-electron chi connectivity index (χ1n) is 8.90. The van der Waals surface area contributed by atoms with Crippen LogP contribution in [-0.2, 0) is 11.3 Å². The van der Waals surface area contributed by atoms with E-state index in [1.807, 2.05) is 13.0 Å². The zero-order valence-corrected chi connectivity index (χ0v) is 15.9. The summed E-state index contributed by atoms with van der Waals surface area (Å²) in [4.78, 5) is 33.8. The minimum absolute atomic E-state index is 0.00248. The molecule has 0 unspecified atom stereocenters. The van der Waals surface area contributed by atoms with E-state index in [0.29, 0.717) is 5.75 Å². The van der Waals surface area contributed by atoms with Crippen LogP contribution >= 0.6 is 0 Å². The fourth-order valence-electron chi connectivity index (χ4n) is 2.67. The molecule has 3 rings (SSSR count). The molecule has 0 radical (unpaired) electrons. The number of nitrogens with one attached hydrogen (secondary N) is 1. The zero-order valence-electron chi connectivity index (χ0n) is 15.9. The molecule has 0 saturated carbocycles. The second-order valence-corrected chi connectivity index (χ2v) is 6.49. The zero-order chi connectivity index (χ0) is 21.7. The summed E-state index contributed by atoms with van der Waals surface area (Å²) < 4.78 is 7.04. The topological polar surface area (TPSA) is 137 Å². The van der Waals surface area contributed by atoms with Crippen molar-refractivity contribution in [2.24, 2.45) is 0 Å². The Morgan fingerprint density at radius 2 is 2.03 bits per heavy atom. The largest absolute Gasteiger partial charge is 0.478 e. The third-order valence-corrected chi connectivity index (χ3v) is 4.06. The van der Waals surface area contributed by atoms with E-state index in [2.05, 4.69) is 10.4 Å². The van der Waals surface area contributed by atoms with Crippen molar-refractivity contribution in [3.8, 4) is 11.5 Å². The van der Waals surface area contributed by atoms with Crippen molar-refractivity contribution in [1.29, 1.82) is 0 Å². The number of nitrogens with zero attached hydrogens (tertiary/aromatic N) is 3. The summed E-state index contributed by atoms with van der Waals surface area (Å²) in [5.41, 5.74) is 0.973. The number of non-ortho nitro benzene ring substituents is 1. The quantitative estimate of drug-likeness (QED) is 0.427. The standard InChI is InChI=1S/C20H18N4O6/c1-13-3-2-4-17(7-13)30-18-9-15(8-16(10-18)24(28)29)22-19(25)5-6-23-12-14(11-21-23)20(26)27/h2-4,7-12H,5-6H2,1H3,(H,22,25)(H,26,27). The molecule has 0 aliphatic carbocycles. The number of carboxylic acid groups (broad SMARTS) is 1. The smallest absolute Gasteiger partial charge is 0.338 e. The van der Waals surface area contributed by atoms with Crippen LogP contribution in [0.15, 0.2) is 54.9 Å². The van der Waals surface area contributed by atoms with Crippen LogP contribution in [0.1, 0.15) is 22.3 Å². The Hall–Kier alpha value is -4.21. The molecule has 0 fully saturated rings. The highest BCUT2D eigenvalue weighted by Gasteiger charge is 2.14. The number of hydrogen-bond acceptors (Lipinski definition) is 6. The van der Waals surface area contributed by atoms with Crippen LogP contribution in [0, 0.1) is 17.0 Å². The van der Waals surface area contributed by atoms with E-state index in [4.69, 9.17) is 9.84 Å². The first-order chi connectivity index (χ1) is 14.3. The fourth-order valence-corrected chi connectivity index (χ4v) is 2.67. The van der Waals surface area contributed by atoms with Crippen molar-refractivity contribution in [2.45, 2.75) is 19.9 Å². The van der Waals surface area contributed by atoms with E-state index in [9.17, 15) is 19.7 Å². The number of hydrogen-bond donors (Lipinski definition) is 2. The second-order valence-electron chi connectivity index (χ2n) is 6.49. The molecule has 0 spiro atoms. The van der Waals surface area contributed by atoms with Gasteiger partial charge in [-0.15, -0.1) is 0 Å². The first kappa shape index (κ1) is 20.5. The molecule has 1 heterocycles. The summed E-state index contributed by atoms with van der Waals surface area (Å²) in [6, 6.07) is 11.2. The third-order valence-electron chi connectivity index (χ3n) is 4.06. The number of aromatic carboxylic acids is 1. The van der Waals surface area contributed by atoms with E-state index in [-0.39, 0.29) is 35.7 Å². The summed E-state index contributed by atoms with van der Waals surface area (Å²) in [7, 11) is 0. The Labute approximate surface area is 170 Å². The van der Waals surface area contributed by atoms with Crippen LogP contribution in [-0.4, -0.2) is 31.7 Å². The van der Waals surface area contributed by atoms with Crippen LogP contribution in [0.4, 0.5) is 11.4 Å². The molecule has 0 aliphatic heterocycles. The Morgan fingerprint density at radius 1 is 1.23 bits per heavy atom. The Bertz CT molecular complexity index is 1110. The molecule has 10 heteroatoms. The van der Waals surface area contributed by atoms with Gasteiger partial charge >= 0.3 is 5.97 Å². The summed E-state index contributed by atoms with van der Waals surface area (Å²) in [5, 5.41) is 26.6. The lowest BCUT2D eigenvalue weighted by Crippen LogP contribution is -2.15. The van der Waals surface area contributed by atoms with E-state index >= 15 is 0 Å². The number of amides is 1. The summed E-state index contributed by atoms with van der Waals surface area (Å²) in [5.74, 6) is -0.795. The van der Waals surface area contributed by atoms with Crippen LogP contribution in [0.2, 0.25) is 0 Å². The van der Waals surface area contributed by atoms with Gasteiger partial charge in [-0.2, -0.15) is 5.10 Å². The maximum Gasteiger partial charge on any atom is 0.338 e. The molecular weight excluding hydrogens is 392 g/mol. The highest BCUT2D eigenvalue weighted by atomic mass is 16.6. The second kappa shape index (κ2) is 8.86. The number of aryl methyl sites for hydroxylation is 2. The van der Waals surface area contributed by atoms with Gasteiger partial charge in [0.05, 0.1) is 28.4 Å². The van der Waals surface area contributed by atoms with E-state index in [1.54, 1.807) is 18.2 Å². The maximum atomic E-state index is 12.2. The fraction of sp³-hybridized carbons (Fsp3) is 0.150. The lowest BCUT2D eigenvalue weighted by Gasteiger charge is -2.10. The molecule has 3 aromatic rings. The lowest BCUT2D eigenvalue weighted by atomic mass is 10.2. The number of aromatic nitrogens is 2. The van der Waals surface area contributed by atoms with Crippen LogP contribution in [0.25, 0.3) is 0 Å². The SMILES string of the molecule is Cc1cccc(Oc2cc(NC(=O)CCn3cc(C(=O)O)cn3)cc([N+](=O)[O-])c2)c1. The third kappa shape index (κ3) is 5.41. The van der Waals surface area contributed by atoms with Gasteiger partial charge in [-0.05, 0) is 24.6 Å².